The number of benzene rings is 1. The molecule has 22 heavy (non-hydrogen) atoms. The maximum Gasteiger partial charge on any atom is 0.241 e. The van der Waals surface area contributed by atoms with Crippen molar-refractivity contribution in [1.82, 2.24) is 9.78 Å². The van der Waals surface area contributed by atoms with Gasteiger partial charge in [0, 0.05) is 10.7 Å². The fraction of sp³-hybridized carbons (Fsp3) is 0.375. The minimum atomic E-state index is -0.520. The molecule has 3 rings (SSSR count). The van der Waals surface area contributed by atoms with Gasteiger partial charge < -0.3 is 11.1 Å². The highest BCUT2D eigenvalue weighted by Gasteiger charge is 2.24. The molecule has 0 spiro atoms. The average molecular weight is 363 g/mol. The summed E-state index contributed by atoms with van der Waals surface area (Å²) in [6.07, 6.45) is 7.28. The van der Waals surface area contributed by atoms with Gasteiger partial charge in [-0.3, -0.25) is 9.48 Å². The number of hydrogen-bond acceptors (Lipinski definition) is 3. The van der Waals surface area contributed by atoms with Crippen LogP contribution in [0.15, 0.2) is 41.1 Å². The molecule has 1 aromatic carbocycles. The Morgan fingerprint density at radius 3 is 2.82 bits per heavy atom. The van der Waals surface area contributed by atoms with Crippen molar-refractivity contribution in [3.63, 3.8) is 0 Å². The predicted molar refractivity (Wildman–Crippen MR) is 89.6 cm³/mol. The number of nitrogens with one attached hydrogen (secondary N) is 1. The molecule has 5 nitrogen and oxygen atoms in total. The van der Waals surface area contributed by atoms with Crippen molar-refractivity contribution < 1.29 is 4.79 Å². The third kappa shape index (κ3) is 3.96. The van der Waals surface area contributed by atoms with Gasteiger partial charge in [0.2, 0.25) is 5.91 Å². The third-order valence-electron chi connectivity index (χ3n) is 3.78. The Hall–Kier alpha value is -1.66. The molecule has 0 radical (unpaired) electrons. The standard InChI is InChI=1S/C16H19BrN4O/c17-12-4-1-11(2-5-12)3-8-15(18)16(22)20-13-9-19-21(10-13)14-6-7-14/h1-2,4-5,9-10,14-15H,3,6-8,18H2,(H,20,22). The van der Waals surface area contributed by atoms with E-state index in [4.69, 9.17) is 5.73 Å². The molecule has 0 aliphatic heterocycles. The maximum atomic E-state index is 12.1. The quantitative estimate of drug-likeness (QED) is 0.829. The second kappa shape index (κ2) is 6.62. The fourth-order valence-electron chi connectivity index (χ4n) is 2.28. The molecule has 1 fully saturated rings. The smallest absolute Gasteiger partial charge is 0.241 e. The first kappa shape index (κ1) is 15.2. The molecule has 6 heteroatoms. The molecule has 1 aliphatic carbocycles. The predicted octanol–water partition coefficient (Wildman–Crippen LogP) is 2.88. The van der Waals surface area contributed by atoms with Crippen LogP contribution in [0.5, 0.6) is 0 Å². The molecular weight excluding hydrogens is 344 g/mol. The summed E-state index contributed by atoms with van der Waals surface area (Å²) < 4.78 is 2.95. The summed E-state index contributed by atoms with van der Waals surface area (Å²) in [5.41, 5.74) is 7.87. The van der Waals surface area contributed by atoms with Gasteiger partial charge in [0.05, 0.1) is 24.0 Å². The lowest BCUT2D eigenvalue weighted by Gasteiger charge is -2.11. The zero-order valence-electron chi connectivity index (χ0n) is 12.2. The minimum Gasteiger partial charge on any atom is -0.322 e. The van der Waals surface area contributed by atoms with Crippen LogP contribution in [0.3, 0.4) is 0 Å². The highest BCUT2D eigenvalue weighted by molar-refractivity contribution is 9.10. The van der Waals surface area contributed by atoms with E-state index in [1.54, 1.807) is 6.20 Å². The first-order chi connectivity index (χ1) is 10.6. The van der Waals surface area contributed by atoms with Crippen molar-refractivity contribution in [3.05, 3.63) is 46.7 Å². The highest BCUT2D eigenvalue weighted by atomic mass is 79.9. The lowest BCUT2D eigenvalue weighted by Crippen LogP contribution is -2.35. The normalized spacial score (nSPS) is 15.5. The molecule has 1 amide bonds. The number of aryl methyl sites for hydroxylation is 1. The van der Waals surface area contributed by atoms with Crippen molar-refractivity contribution in [2.75, 3.05) is 5.32 Å². The van der Waals surface area contributed by atoms with Gasteiger partial charge >= 0.3 is 0 Å². The molecule has 1 aromatic heterocycles. The molecule has 116 valence electrons. The van der Waals surface area contributed by atoms with Crippen molar-refractivity contribution in [1.29, 1.82) is 0 Å². The molecule has 1 unspecified atom stereocenters. The second-order valence-corrected chi connectivity index (χ2v) is 6.62. The second-order valence-electron chi connectivity index (χ2n) is 5.70. The summed E-state index contributed by atoms with van der Waals surface area (Å²) in [7, 11) is 0. The number of nitrogens with two attached hydrogens (primary N) is 1. The Morgan fingerprint density at radius 1 is 1.41 bits per heavy atom. The van der Waals surface area contributed by atoms with Crippen LogP contribution < -0.4 is 11.1 Å². The van der Waals surface area contributed by atoms with Crippen LogP contribution in [0.25, 0.3) is 0 Å². The van der Waals surface area contributed by atoms with Gasteiger partial charge in [-0.05, 0) is 43.4 Å². The van der Waals surface area contributed by atoms with Crippen molar-refractivity contribution in [3.8, 4) is 0 Å². The van der Waals surface area contributed by atoms with Crippen LogP contribution in [0, 0.1) is 0 Å². The van der Waals surface area contributed by atoms with Crippen LogP contribution in [0.4, 0.5) is 5.69 Å². The Kier molecular flexibility index (Phi) is 4.59. The summed E-state index contributed by atoms with van der Waals surface area (Å²) in [6, 6.07) is 8.05. The van der Waals surface area contributed by atoms with E-state index in [9.17, 15) is 4.79 Å². The van der Waals surface area contributed by atoms with Gasteiger partial charge in [-0.1, -0.05) is 28.1 Å². The number of halogens is 1. The Labute approximate surface area is 138 Å². The Balaban J connectivity index is 1.49. The number of carbonyl (C=O) groups excluding carboxylic acids is 1. The lowest BCUT2D eigenvalue weighted by molar-refractivity contribution is -0.117. The maximum absolute atomic E-state index is 12.1. The summed E-state index contributed by atoms with van der Waals surface area (Å²) in [5.74, 6) is -0.160. The summed E-state index contributed by atoms with van der Waals surface area (Å²) in [6.45, 7) is 0. The molecule has 0 saturated heterocycles. The number of hydrogen-bond donors (Lipinski definition) is 2. The van der Waals surface area contributed by atoms with E-state index >= 15 is 0 Å². The van der Waals surface area contributed by atoms with Crippen molar-refractivity contribution >= 4 is 27.5 Å². The molecule has 1 heterocycles. The Bertz CT molecular complexity index is 648. The first-order valence-electron chi connectivity index (χ1n) is 7.47. The van der Waals surface area contributed by atoms with Crippen LogP contribution >= 0.6 is 15.9 Å². The molecule has 2 aromatic rings. The third-order valence-corrected chi connectivity index (χ3v) is 4.31. The lowest BCUT2D eigenvalue weighted by atomic mass is 10.1. The van der Waals surface area contributed by atoms with Crippen molar-refractivity contribution in [2.45, 2.75) is 37.8 Å². The van der Waals surface area contributed by atoms with Gasteiger partial charge in [-0.2, -0.15) is 5.10 Å². The van der Waals surface area contributed by atoms with Gasteiger partial charge in [-0.15, -0.1) is 0 Å². The van der Waals surface area contributed by atoms with Crippen LogP contribution in [0.1, 0.15) is 30.9 Å². The van der Waals surface area contributed by atoms with Gasteiger partial charge in [-0.25, -0.2) is 0 Å². The molecule has 0 bridgehead atoms. The van der Waals surface area contributed by atoms with Crippen LogP contribution in [-0.2, 0) is 11.2 Å². The monoisotopic (exact) mass is 362 g/mol. The fourth-order valence-corrected chi connectivity index (χ4v) is 2.54. The zero-order chi connectivity index (χ0) is 15.5. The van der Waals surface area contributed by atoms with E-state index < -0.39 is 6.04 Å². The number of carbonyl (C=O) groups is 1. The zero-order valence-corrected chi connectivity index (χ0v) is 13.8. The minimum absolute atomic E-state index is 0.160. The number of nitrogens with zero attached hydrogens (tertiary/aromatic N) is 2. The van der Waals surface area contributed by atoms with E-state index in [0.717, 1.165) is 16.6 Å². The van der Waals surface area contributed by atoms with E-state index in [-0.39, 0.29) is 5.91 Å². The van der Waals surface area contributed by atoms with E-state index in [0.29, 0.717) is 12.5 Å². The highest BCUT2D eigenvalue weighted by Crippen LogP contribution is 2.34. The van der Waals surface area contributed by atoms with Crippen LogP contribution in [-0.4, -0.2) is 21.7 Å². The number of aromatic nitrogens is 2. The molecular formula is C16H19BrN4O. The Morgan fingerprint density at radius 2 is 2.14 bits per heavy atom. The van der Waals surface area contributed by atoms with Gasteiger partial charge in [0.1, 0.15) is 0 Å². The summed E-state index contributed by atoms with van der Waals surface area (Å²) >= 11 is 3.41. The van der Waals surface area contributed by atoms with E-state index in [2.05, 4.69) is 26.3 Å². The number of anilines is 1. The molecule has 1 aliphatic rings. The summed E-state index contributed by atoms with van der Waals surface area (Å²) in [4.78, 5) is 12.1. The van der Waals surface area contributed by atoms with Crippen molar-refractivity contribution in [2.24, 2.45) is 5.73 Å². The molecule has 1 atom stereocenters. The largest absolute Gasteiger partial charge is 0.322 e. The average Bonchev–Trinajstić information content (AvgIpc) is 3.26. The summed E-state index contributed by atoms with van der Waals surface area (Å²) in [5, 5.41) is 7.08. The first-order valence-corrected chi connectivity index (χ1v) is 8.26. The number of amides is 1. The van der Waals surface area contributed by atoms with Gasteiger partial charge in [0.25, 0.3) is 0 Å². The molecule has 1 saturated carbocycles. The van der Waals surface area contributed by atoms with Crippen LogP contribution in [0.2, 0.25) is 0 Å². The topological polar surface area (TPSA) is 72.9 Å². The van der Waals surface area contributed by atoms with Gasteiger partial charge in [0.15, 0.2) is 0 Å². The molecule has 3 N–H and O–H groups in total. The number of rotatable bonds is 6. The van der Waals surface area contributed by atoms with E-state index in [1.165, 1.54) is 18.4 Å². The SMILES string of the molecule is NC(CCc1ccc(Br)cc1)C(=O)Nc1cnn(C2CC2)c1. The van der Waals surface area contributed by atoms with E-state index in [1.807, 2.05) is 35.1 Å².